The number of hydrazine groups is 1. The number of rotatable bonds is 3. The summed E-state index contributed by atoms with van der Waals surface area (Å²) in [6.07, 6.45) is 4.65. The average Bonchev–Trinajstić information content (AvgIpc) is 3.05. The number of esters is 1. The molecule has 2 aromatic rings. The number of carbonyl (C=O) groups excluding carboxylic acids is 2. The van der Waals surface area contributed by atoms with Crippen LogP contribution in [0.15, 0.2) is 39.2 Å². The van der Waals surface area contributed by atoms with Crippen LogP contribution in [0.1, 0.15) is 29.5 Å². The third-order valence-electron chi connectivity index (χ3n) is 4.45. The standard InChI is InChI=1S/C18H16N2O5/c21-16-5-4-14(19-20-16)18(23)24-9-12-8-17(22)25-15-7-11-3-1-2-10(11)6-13(12)15/h4,6-8,19H,1-3,5,9H2,(H,20,21). The maximum absolute atomic E-state index is 12.1. The van der Waals surface area contributed by atoms with Crippen LogP contribution in [0.2, 0.25) is 0 Å². The van der Waals surface area contributed by atoms with Crippen molar-refractivity contribution in [2.45, 2.75) is 32.3 Å². The number of aryl methyl sites for hydroxylation is 2. The minimum Gasteiger partial charge on any atom is -0.456 e. The molecule has 128 valence electrons. The molecule has 1 aromatic carbocycles. The molecule has 0 radical (unpaired) electrons. The van der Waals surface area contributed by atoms with Gasteiger partial charge in [0, 0.05) is 23.4 Å². The van der Waals surface area contributed by atoms with Crippen LogP contribution < -0.4 is 16.5 Å². The molecule has 25 heavy (non-hydrogen) atoms. The molecule has 2 aliphatic rings. The van der Waals surface area contributed by atoms with E-state index in [1.807, 2.05) is 12.1 Å². The summed E-state index contributed by atoms with van der Waals surface area (Å²) in [6, 6.07) is 5.27. The Morgan fingerprint density at radius 3 is 2.68 bits per heavy atom. The lowest BCUT2D eigenvalue weighted by Gasteiger charge is -2.15. The molecule has 1 aromatic heterocycles. The van der Waals surface area contributed by atoms with Crippen molar-refractivity contribution in [1.82, 2.24) is 10.9 Å². The normalized spacial score (nSPS) is 16.0. The number of ether oxygens (including phenoxy) is 1. The molecule has 0 bridgehead atoms. The maximum atomic E-state index is 12.1. The lowest BCUT2D eigenvalue weighted by molar-refractivity contribution is -0.141. The topological polar surface area (TPSA) is 97.6 Å². The van der Waals surface area contributed by atoms with Crippen molar-refractivity contribution in [1.29, 1.82) is 0 Å². The van der Waals surface area contributed by atoms with Crippen molar-refractivity contribution in [3.8, 4) is 0 Å². The predicted octanol–water partition coefficient (Wildman–Crippen LogP) is 1.23. The molecule has 0 saturated carbocycles. The van der Waals surface area contributed by atoms with Gasteiger partial charge in [0.05, 0.1) is 0 Å². The van der Waals surface area contributed by atoms with Crippen LogP contribution in [0, 0.1) is 0 Å². The highest BCUT2D eigenvalue weighted by Gasteiger charge is 2.19. The third-order valence-corrected chi connectivity index (χ3v) is 4.45. The largest absolute Gasteiger partial charge is 0.456 e. The highest BCUT2D eigenvalue weighted by atomic mass is 16.5. The first-order valence-electron chi connectivity index (χ1n) is 8.11. The van der Waals surface area contributed by atoms with Crippen molar-refractivity contribution < 1.29 is 18.7 Å². The van der Waals surface area contributed by atoms with Gasteiger partial charge in [-0.2, -0.15) is 0 Å². The van der Waals surface area contributed by atoms with Gasteiger partial charge in [0.2, 0.25) is 5.91 Å². The smallest absolute Gasteiger partial charge is 0.356 e. The van der Waals surface area contributed by atoms with Crippen LogP contribution in [-0.2, 0) is 33.8 Å². The quantitative estimate of drug-likeness (QED) is 0.644. The summed E-state index contributed by atoms with van der Waals surface area (Å²) in [6.45, 7) is -0.0489. The Hall–Kier alpha value is -3.09. The summed E-state index contributed by atoms with van der Waals surface area (Å²) in [5.41, 5.74) is 8.12. The van der Waals surface area contributed by atoms with E-state index < -0.39 is 11.6 Å². The zero-order valence-corrected chi connectivity index (χ0v) is 13.4. The Morgan fingerprint density at radius 1 is 1.12 bits per heavy atom. The lowest BCUT2D eigenvalue weighted by atomic mass is 10.0. The van der Waals surface area contributed by atoms with Gasteiger partial charge >= 0.3 is 11.6 Å². The molecule has 0 saturated heterocycles. The van der Waals surface area contributed by atoms with Crippen LogP contribution in [0.25, 0.3) is 11.0 Å². The van der Waals surface area contributed by atoms with Crippen molar-refractivity contribution in [2.75, 3.05) is 0 Å². The van der Waals surface area contributed by atoms with E-state index >= 15 is 0 Å². The molecule has 0 atom stereocenters. The first-order valence-corrected chi connectivity index (χ1v) is 8.11. The second kappa shape index (κ2) is 6.08. The molecule has 2 heterocycles. The van der Waals surface area contributed by atoms with Crippen LogP contribution in [-0.4, -0.2) is 11.9 Å². The van der Waals surface area contributed by atoms with Crippen LogP contribution in [0.4, 0.5) is 0 Å². The van der Waals surface area contributed by atoms with E-state index in [-0.39, 0.29) is 24.6 Å². The Morgan fingerprint density at radius 2 is 1.92 bits per heavy atom. The number of carbonyl (C=O) groups is 2. The summed E-state index contributed by atoms with van der Waals surface area (Å²) >= 11 is 0. The fourth-order valence-corrected chi connectivity index (χ4v) is 3.20. The van der Waals surface area contributed by atoms with E-state index in [4.69, 9.17) is 9.15 Å². The third kappa shape index (κ3) is 3.00. The second-order valence-corrected chi connectivity index (χ2v) is 6.13. The summed E-state index contributed by atoms with van der Waals surface area (Å²) in [5, 5.41) is 0.784. The van der Waals surface area contributed by atoms with E-state index in [2.05, 4.69) is 10.9 Å². The predicted molar refractivity (Wildman–Crippen MR) is 88.3 cm³/mol. The molecule has 7 heteroatoms. The minimum absolute atomic E-state index is 0.0489. The molecular weight excluding hydrogens is 324 g/mol. The molecular formula is C18H16N2O5. The minimum atomic E-state index is -0.595. The van der Waals surface area contributed by atoms with Gasteiger partial charge in [-0.15, -0.1) is 0 Å². The van der Waals surface area contributed by atoms with Gasteiger partial charge in [0.1, 0.15) is 17.9 Å². The zero-order chi connectivity index (χ0) is 17.4. The number of hydrogen-bond acceptors (Lipinski definition) is 6. The Kier molecular flexibility index (Phi) is 3.76. The first-order chi connectivity index (χ1) is 12.1. The number of hydrogen-bond donors (Lipinski definition) is 2. The molecule has 4 rings (SSSR count). The van der Waals surface area contributed by atoms with Crippen molar-refractivity contribution in [3.05, 3.63) is 57.1 Å². The Labute approximate surface area is 142 Å². The Balaban J connectivity index is 1.60. The fraction of sp³-hybridized carbons (Fsp3) is 0.278. The summed E-state index contributed by atoms with van der Waals surface area (Å²) in [7, 11) is 0. The van der Waals surface area contributed by atoms with Gasteiger partial charge in [-0.1, -0.05) is 0 Å². The van der Waals surface area contributed by atoms with Crippen LogP contribution in [0.3, 0.4) is 0 Å². The van der Waals surface area contributed by atoms with Crippen molar-refractivity contribution in [3.63, 3.8) is 0 Å². The van der Waals surface area contributed by atoms with E-state index in [1.54, 1.807) is 0 Å². The van der Waals surface area contributed by atoms with Crippen molar-refractivity contribution >= 4 is 22.8 Å². The summed E-state index contributed by atoms with van der Waals surface area (Å²) < 4.78 is 10.6. The number of fused-ring (bicyclic) bond motifs is 2. The number of benzene rings is 1. The van der Waals surface area contributed by atoms with Gasteiger partial charge in [-0.25, -0.2) is 9.59 Å². The van der Waals surface area contributed by atoms with Crippen LogP contribution in [0.5, 0.6) is 0 Å². The van der Waals surface area contributed by atoms with Gasteiger partial charge in [-0.05, 0) is 48.6 Å². The molecule has 1 aliphatic carbocycles. The SMILES string of the molecule is O=C1CC=C(C(=O)OCc2cc(=O)oc3cc4c(cc23)CCC4)NN1. The maximum Gasteiger partial charge on any atom is 0.356 e. The van der Waals surface area contributed by atoms with Gasteiger partial charge < -0.3 is 9.15 Å². The van der Waals surface area contributed by atoms with Gasteiger partial charge in [-0.3, -0.25) is 15.6 Å². The molecule has 1 aliphatic heterocycles. The highest BCUT2D eigenvalue weighted by Crippen LogP contribution is 2.28. The van der Waals surface area contributed by atoms with E-state index in [1.165, 1.54) is 23.3 Å². The van der Waals surface area contributed by atoms with E-state index in [0.29, 0.717) is 11.1 Å². The molecule has 7 nitrogen and oxygen atoms in total. The average molecular weight is 340 g/mol. The monoisotopic (exact) mass is 340 g/mol. The number of amides is 1. The zero-order valence-electron chi connectivity index (χ0n) is 13.4. The highest BCUT2D eigenvalue weighted by molar-refractivity contribution is 5.91. The number of nitrogens with one attached hydrogen (secondary N) is 2. The molecule has 2 N–H and O–H groups in total. The van der Waals surface area contributed by atoms with Crippen LogP contribution >= 0.6 is 0 Å². The molecule has 0 spiro atoms. The molecule has 1 amide bonds. The first kappa shape index (κ1) is 15.4. The summed E-state index contributed by atoms with van der Waals surface area (Å²) in [5.74, 6) is -0.820. The van der Waals surface area contributed by atoms with E-state index in [9.17, 15) is 14.4 Å². The van der Waals surface area contributed by atoms with Crippen molar-refractivity contribution in [2.24, 2.45) is 0 Å². The molecule has 0 unspecified atom stereocenters. The lowest BCUT2D eigenvalue weighted by Crippen LogP contribution is -2.42. The van der Waals surface area contributed by atoms with E-state index in [0.717, 1.165) is 24.6 Å². The van der Waals surface area contributed by atoms with Gasteiger partial charge in [0.25, 0.3) is 0 Å². The summed E-state index contributed by atoms with van der Waals surface area (Å²) in [4.78, 5) is 35.0. The fourth-order valence-electron chi connectivity index (χ4n) is 3.20. The second-order valence-electron chi connectivity index (χ2n) is 6.13. The van der Waals surface area contributed by atoms with Gasteiger partial charge in [0.15, 0.2) is 0 Å². The molecule has 0 fully saturated rings. The Bertz CT molecular complexity index is 973.